The maximum Gasteiger partial charge on any atom is 0.248 e. The summed E-state index contributed by atoms with van der Waals surface area (Å²) in [4.78, 5) is 14.1. The summed E-state index contributed by atoms with van der Waals surface area (Å²) in [7, 11) is 0. The fraction of sp³-hybridized carbons (Fsp3) is 0.650. The molecule has 1 saturated heterocycles. The highest BCUT2D eigenvalue weighted by molar-refractivity contribution is 5.92. The van der Waals surface area contributed by atoms with E-state index in [9.17, 15) is 4.79 Å². The molecule has 2 aliphatic rings. The van der Waals surface area contributed by atoms with Crippen molar-refractivity contribution in [2.75, 3.05) is 19.6 Å². The number of amides is 1. The number of nitrogens with one attached hydrogen (secondary N) is 1. The van der Waals surface area contributed by atoms with E-state index in [4.69, 9.17) is 5.73 Å². The van der Waals surface area contributed by atoms with Crippen molar-refractivity contribution >= 4 is 5.91 Å². The van der Waals surface area contributed by atoms with Gasteiger partial charge in [0.2, 0.25) is 5.91 Å². The molecule has 1 aliphatic heterocycles. The summed E-state index contributed by atoms with van der Waals surface area (Å²) in [5.41, 5.74) is 7.46. The van der Waals surface area contributed by atoms with Crippen LogP contribution < -0.4 is 11.1 Å². The van der Waals surface area contributed by atoms with Crippen LogP contribution in [-0.2, 0) is 6.54 Å². The minimum Gasteiger partial charge on any atom is -0.366 e. The molecular formula is C20H31N3O. The summed E-state index contributed by atoms with van der Waals surface area (Å²) in [5.74, 6) is -0.353. The van der Waals surface area contributed by atoms with Crippen LogP contribution in [-0.4, -0.2) is 36.0 Å². The fourth-order valence-corrected chi connectivity index (χ4v) is 4.46. The van der Waals surface area contributed by atoms with Crippen molar-refractivity contribution in [2.45, 2.75) is 63.5 Å². The highest BCUT2D eigenvalue weighted by Gasteiger charge is 2.37. The van der Waals surface area contributed by atoms with Crippen LogP contribution in [0, 0.1) is 0 Å². The summed E-state index contributed by atoms with van der Waals surface area (Å²) in [6.45, 7) is 4.38. The molecule has 3 N–H and O–H groups in total. The van der Waals surface area contributed by atoms with Gasteiger partial charge in [-0.05, 0) is 56.5 Å². The van der Waals surface area contributed by atoms with Gasteiger partial charge in [-0.15, -0.1) is 0 Å². The van der Waals surface area contributed by atoms with Gasteiger partial charge >= 0.3 is 0 Å². The van der Waals surface area contributed by atoms with E-state index in [0.717, 1.165) is 18.7 Å². The molecule has 4 nitrogen and oxygen atoms in total. The Morgan fingerprint density at radius 2 is 1.79 bits per heavy atom. The lowest BCUT2D eigenvalue weighted by Crippen LogP contribution is -2.57. The van der Waals surface area contributed by atoms with Crippen molar-refractivity contribution < 1.29 is 4.79 Å². The second-order valence-corrected chi connectivity index (χ2v) is 7.50. The highest BCUT2D eigenvalue weighted by atomic mass is 16.1. The Balaban J connectivity index is 1.61. The number of nitrogens with two attached hydrogens (primary N) is 1. The van der Waals surface area contributed by atoms with Crippen LogP contribution in [0.1, 0.15) is 67.3 Å². The second-order valence-electron chi connectivity index (χ2n) is 7.50. The lowest BCUT2D eigenvalue weighted by molar-refractivity contribution is 0.0333. The molecular weight excluding hydrogens is 298 g/mol. The Morgan fingerprint density at radius 3 is 2.50 bits per heavy atom. The summed E-state index contributed by atoms with van der Waals surface area (Å²) < 4.78 is 0. The Labute approximate surface area is 145 Å². The van der Waals surface area contributed by atoms with Crippen LogP contribution >= 0.6 is 0 Å². The van der Waals surface area contributed by atoms with Gasteiger partial charge in [0.15, 0.2) is 0 Å². The Hall–Kier alpha value is -1.39. The van der Waals surface area contributed by atoms with Gasteiger partial charge in [-0.3, -0.25) is 9.69 Å². The molecule has 1 aromatic carbocycles. The number of carbonyl (C=O) groups excluding carboxylic acids is 1. The average molecular weight is 329 g/mol. The van der Waals surface area contributed by atoms with Crippen molar-refractivity contribution in [3.63, 3.8) is 0 Å². The van der Waals surface area contributed by atoms with Gasteiger partial charge in [-0.2, -0.15) is 0 Å². The number of nitrogens with zero attached hydrogens (tertiary/aromatic N) is 1. The number of benzene rings is 1. The molecule has 1 aliphatic carbocycles. The van der Waals surface area contributed by atoms with Crippen molar-refractivity contribution in [2.24, 2.45) is 5.73 Å². The molecule has 2 fully saturated rings. The summed E-state index contributed by atoms with van der Waals surface area (Å²) in [6, 6.07) is 7.66. The quantitative estimate of drug-likeness (QED) is 0.843. The van der Waals surface area contributed by atoms with Crippen molar-refractivity contribution in [1.29, 1.82) is 0 Å². The van der Waals surface area contributed by atoms with E-state index in [1.165, 1.54) is 64.5 Å². The van der Waals surface area contributed by atoms with Crippen LogP contribution in [0.5, 0.6) is 0 Å². The van der Waals surface area contributed by atoms with E-state index >= 15 is 0 Å². The van der Waals surface area contributed by atoms with E-state index in [0.29, 0.717) is 11.1 Å². The minimum atomic E-state index is -0.353. The average Bonchev–Trinajstić information content (AvgIpc) is 2.63. The predicted molar refractivity (Wildman–Crippen MR) is 97.9 cm³/mol. The molecule has 0 bridgehead atoms. The molecule has 1 aromatic rings. The molecule has 0 unspecified atom stereocenters. The minimum absolute atomic E-state index is 0.347. The largest absolute Gasteiger partial charge is 0.366 e. The van der Waals surface area contributed by atoms with Gasteiger partial charge in [0, 0.05) is 24.2 Å². The lowest BCUT2D eigenvalue weighted by Gasteiger charge is -2.48. The lowest BCUT2D eigenvalue weighted by atomic mass is 9.79. The maximum atomic E-state index is 11.3. The van der Waals surface area contributed by atoms with Gasteiger partial charge in [0.05, 0.1) is 0 Å². The van der Waals surface area contributed by atoms with Gasteiger partial charge in [0.25, 0.3) is 0 Å². The zero-order chi connectivity index (χ0) is 16.8. The molecule has 4 heteroatoms. The van der Waals surface area contributed by atoms with Crippen LogP contribution in [0.2, 0.25) is 0 Å². The third-order valence-electron chi connectivity index (χ3n) is 5.81. The molecule has 1 heterocycles. The standard InChI is InChI=1S/C20H31N3O/c21-19(24)18-9-7-8-17(14-18)15-22-16-20(10-3-1-4-11-20)23-12-5-2-6-13-23/h7-9,14,22H,1-6,10-13,15-16H2,(H2,21,24). The molecule has 3 rings (SSSR count). The molecule has 1 amide bonds. The molecule has 1 saturated carbocycles. The van der Waals surface area contributed by atoms with Gasteiger partial charge in [-0.1, -0.05) is 37.8 Å². The van der Waals surface area contributed by atoms with Crippen LogP contribution in [0.3, 0.4) is 0 Å². The normalized spacial score (nSPS) is 21.5. The van der Waals surface area contributed by atoms with E-state index in [1.54, 1.807) is 6.07 Å². The van der Waals surface area contributed by atoms with E-state index in [2.05, 4.69) is 16.3 Å². The number of piperidine rings is 1. The first-order valence-electron chi connectivity index (χ1n) is 9.54. The molecule has 0 spiro atoms. The number of rotatable bonds is 6. The van der Waals surface area contributed by atoms with Gasteiger partial charge in [-0.25, -0.2) is 0 Å². The number of carbonyl (C=O) groups is 1. The second kappa shape index (κ2) is 8.13. The van der Waals surface area contributed by atoms with Crippen LogP contribution in [0.25, 0.3) is 0 Å². The topological polar surface area (TPSA) is 58.4 Å². The Bertz CT molecular complexity index is 546. The zero-order valence-electron chi connectivity index (χ0n) is 14.7. The summed E-state index contributed by atoms with van der Waals surface area (Å²) in [5, 5.41) is 3.68. The van der Waals surface area contributed by atoms with Crippen molar-refractivity contribution in [1.82, 2.24) is 10.2 Å². The first kappa shape index (κ1) is 17.4. The summed E-state index contributed by atoms with van der Waals surface area (Å²) in [6.07, 6.45) is 10.8. The van der Waals surface area contributed by atoms with E-state index in [1.807, 2.05) is 12.1 Å². The smallest absolute Gasteiger partial charge is 0.248 e. The SMILES string of the molecule is NC(=O)c1cccc(CNCC2(N3CCCCC3)CCCCC2)c1. The van der Waals surface area contributed by atoms with Crippen LogP contribution in [0.15, 0.2) is 24.3 Å². The number of hydrogen-bond donors (Lipinski definition) is 2. The maximum absolute atomic E-state index is 11.3. The summed E-state index contributed by atoms with van der Waals surface area (Å²) >= 11 is 0. The molecule has 24 heavy (non-hydrogen) atoms. The predicted octanol–water partition coefficient (Wildman–Crippen LogP) is 3.06. The van der Waals surface area contributed by atoms with Gasteiger partial charge in [0.1, 0.15) is 0 Å². The fourth-order valence-electron chi connectivity index (χ4n) is 4.46. The zero-order valence-corrected chi connectivity index (χ0v) is 14.7. The highest BCUT2D eigenvalue weighted by Crippen LogP contribution is 2.35. The van der Waals surface area contributed by atoms with Crippen molar-refractivity contribution in [3.8, 4) is 0 Å². The van der Waals surface area contributed by atoms with Crippen molar-refractivity contribution in [3.05, 3.63) is 35.4 Å². The number of primary amides is 1. The molecule has 0 radical (unpaired) electrons. The number of likely N-dealkylation sites (tertiary alicyclic amines) is 1. The first-order chi connectivity index (χ1) is 11.7. The number of hydrogen-bond acceptors (Lipinski definition) is 3. The Morgan fingerprint density at radius 1 is 1.08 bits per heavy atom. The third-order valence-corrected chi connectivity index (χ3v) is 5.81. The van der Waals surface area contributed by atoms with Crippen LogP contribution in [0.4, 0.5) is 0 Å². The first-order valence-corrected chi connectivity index (χ1v) is 9.54. The van der Waals surface area contributed by atoms with E-state index in [-0.39, 0.29) is 5.91 Å². The molecule has 0 atom stereocenters. The Kier molecular flexibility index (Phi) is 5.90. The van der Waals surface area contributed by atoms with E-state index < -0.39 is 0 Å². The molecule has 132 valence electrons. The monoisotopic (exact) mass is 329 g/mol. The third kappa shape index (κ3) is 4.17. The van der Waals surface area contributed by atoms with Gasteiger partial charge < -0.3 is 11.1 Å². The molecule has 0 aromatic heterocycles.